The Hall–Kier alpha value is -2.22. The van der Waals surface area contributed by atoms with Gasteiger partial charge in [-0.15, -0.1) is 0 Å². The molecule has 200 valence electrons. The second kappa shape index (κ2) is 7.67. The molecule has 0 bridgehead atoms. The largest absolute Gasteiger partial charge is 0.469 e. The molecule has 8 atom stereocenters. The van der Waals surface area contributed by atoms with Crippen LogP contribution < -0.4 is 0 Å². The average Bonchev–Trinajstić information content (AvgIpc) is 2.82. The zero-order valence-corrected chi connectivity index (χ0v) is 23.9. The summed E-state index contributed by atoms with van der Waals surface area (Å²) in [6, 6.07) is 2.15. The van der Waals surface area contributed by atoms with Gasteiger partial charge in [-0.3, -0.25) is 14.4 Å². The van der Waals surface area contributed by atoms with Gasteiger partial charge >= 0.3 is 5.97 Å². The molecule has 3 fully saturated rings. The molecule has 5 nitrogen and oxygen atoms in total. The number of allylic oxidation sites excluding steroid dienone is 4. The van der Waals surface area contributed by atoms with Crippen LogP contribution in [0.4, 0.5) is 0 Å². The maximum atomic E-state index is 14.4. The number of hydrogen-bond acceptors (Lipinski definition) is 5. The molecule has 37 heavy (non-hydrogen) atoms. The summed E-state index contributed by atoms with van der Waals surface area (Å²) in [6.07, 6.45) is 9.09. The smallest absolute Gasteiger partial charge is 0.312 e. The minimum absolute atomic E-state index is 0.0563. The van der Waals surface area contributed by atoms with Crippen LogP contribution in [0.3, 0.4) is 0 Å². The lowest BCUT2D eigenvalue weighted by Gasteiger charge is -2.70. The summed E-state index contributed by atoms with van der Waals surface area (Å²) in [7, 11) is 1.48. The molecule has 0 aromatic carbocycles. The van der Waals surface area contributed by atoms with Crippen LogP contribution in [-0.4, -0.2) is 24.6 Å². The first-order valence-corrected chi connectivity index (χ1v) is 14.1. The Kier molecular flexibility index (Phi) is 5.47. The van der Waals surface area contributed by atoms with E-state index in [0.29, 0.717) is 6.42 Å². The van der Waals surface area contributed by atoms with Crippen molar-refractivity contribution in [3.05, 3.63) is 23.3 Å². The maximum absolute atomic E-state index is 14.4. The average molecular weight is 506 g/mol. The fourth-order valence-corrected chi connectivity index (χ4v) is 10.1. The summed E-state index contributed by atoms with van der Waals surface area (Å²) in [5.41, 5.74) is -0.781. The molecule has 0 saturated heterocycles. The summed E-state index contributed by atoms with van der Waals surface area (Å²) in [6.45, 7) is 15.7. The van der Waals surface area contributed by atoms with Gasteiger partial charge in [0, 0.05) is 17.8 Å². The number of Topliss-reactive ketones (excluding diaryl/α,β-unsaturated/α-hetero) is 1. The van der Waals surface area contributed by atoms with Crippen LogP contribution in [0.25, 0.3) is 0 Å². The first-order chi connectivity index (χ1) is 17.1. The van der Waals surface area contributed by atoms with E-state index in [0.717, 1.165) is 44.1 Å². The molecule has 0 amide bonds. The van der Waals surface area contributed by atoms with Gasteiger partial charge in [0.2, 0.25) is 0 Å². The predicted molar refractivity (Wildman–Crippen MR) is 141 cm³/mol. The van der Waals surface area contributed by atoms with Crippen molar-refractivity contribution in [1.29, 1.82) is 5.26 Å². The van der Waals surface area contributed by atoms with E-state index in [4.69, 9.17) is 4.74 Å². The molecule has 0 heterocycles. The number of esters is 1. The van der Waals surface area contributed by atoms with Gasteiger partial charge in [0.1, 0.15) is 6.07 Å². The van der Waals surface area contributed by atoms with Gasteiger partial charge < -0.3 is 4.74 Å². The Labute approximate surface area is 222 Å². The Bertz CT molecular complexity index is 1200. The summed E-state index contributed by atoms with van der Waals surface area (Å²) >= 11 is 0. The van der Waals surface area contributed by atoms with Crippen LogP contribution in [0.15, 0.2) is 23.3 Å². The van der Waals surface area contributed by atoms with Gasteiger partial charge in [-0.1, -0.05) is 54.5 Å². The Balaban J connectivity index is 1.73. The van der Waals surface area contributed by atoms with E-state index >= 15 is 0 Å². The van der Waals surface area contributed by atoms with E-state index in [-0.39, 0.29) is 62.5 Å². The SMILES string of the molecule is COC(=O)[C@]12CCC(C)(C)CC1C1C(=O)C=C3[C@@]4(C)C=C(C#N)C(=O)C[C@@]4(C)[C@H](C)C[C@@]3(C)[C@]1(C)CC2. The highest BCUT2D eigenvalue weighted by Gasteiger charge is 2.72. The zero-order valence-electron chi connectivity index (χ0n) is 23.9. The van der Waals surface area contributed by atoms with E-state index in [1.807, 2.05) is 12.2 Å². The van der Waals surface area contributed by atoms with Gasteiger partial charge in [-0.2, -0.15) is 5.26 Å². The van der Waals surface area contributed by atoms with Gasteiger partial charge in [0.25, 0.3) is 0 Å². The highest BCUT2D eigenvalue weighted by molar-refractivity contribution is 6.01. The predicted octanol–water partition coefficient (Wildman–Crippen LogP) is 6.38. The first kappa shape index (κ1) is 26.4. The first-order valence-electron chi connectivity index (χ1n) is 14.1. The van der Waals surface area contributed by atoms with Crippen LogP contribution in [0.2, 0.25) is 0 Å². The molecule has 5 rings (SSSR count). The van der Waals surface area contributed by atoms with Crippen LogP contribution in [-0.2, 0) is 19.1 Å². The topological polar surface area (TPSA) is 84.2 Å². The molecule has 0 radical (unpaired) electrons. The second-order valence-electron chi connectivity index (χ2n) is 14.8. The Morgan fingerprint density at radius 2 is 1.65 bits per heavy atom. The van der Waals surface area contributed by atoms with Crippen molar-refractivity contribution < 1.29 is 19.1 Å². The summed E-state index contributed by atoms with van der Waals surface area (Å²) in [4.78, 5) is 40.7. The molecular weight excluding hydrogens is 462 g/mol. The number of ether oxygens (including phenoxy) is 1. The number of ketones is 2. The standard InChI is InChI=1S/C32H43NO4/c1-19-14-30(6)24(31(7)15-20(18-33)23(35)17-29(19,31)5)13-22(34)25-21-16-27(2,3)9-11-32(21,26(36)37-8)12-10-28(25,30)4/h13,15,19,21,25H,9-12,14,16-17H2,1-8H3/t19-,21?,25?,28-,29+,30-,31-,32+/m1/s1. The summed E-state index contributed by atoms with van der Waals surface area (Å²) < 4.78 is 5.41. The molecule has 5 aliphatic rings. The van der Waals surface area contributed by atoms with Gasteiger partial charge in [0.15, 0.2) is 11.6 Å². The normalized spacial score (nSPS) is 48.2. The molecule has 0 N–H and O–H groups in total. The number of rotatable bonds is 1. The van der Waals surface area contributed by atoms with Crippen molar-refractivity contribution in [2.75, 3.05) is 7.11 Å². The second-order valence-corrected chi connectivity index (χ2v) is 14.8. The van der Waals surface area contributed by atoms with E-state index in [1.165, 1.54) is 7.11 Å². The molecule has 0 aliphatic heterocycles. The van der Waals surface area contributed by atoms with Gasteiger partial charge in [-0.25, -0.2) is 0 Å². The van der Waals surface area contributed by atoms with Crippen molar-refractivity contribution in [3.63, 3.8) is 0 Å². The fourth-order valence-electron chi connectivity index (χ4n) is 10.1. The van der Waals surface area contributed by atoms with Crippen molar-refractivity contribution in [1.82, 2.24) is 0 Å². The molecule has 5 heteroatoms. The minimum Gasteiger partial charge on any atom is -0.469 e. The van der Waals surface area contributed by atoms with E-state index in [1.54, 1.807) is 0 Å². The van der Waals surface area contributed by atoms with Crippen molar-refractivity contribution >= 4 is 17.5 Å². The highest BCUT2D eigenvalue weighted by Crippen LogP contribution is 2.76. The summed E-state index contributed by atoms with van der Waals surface area (Å²) in [5.74, 6) is -0.201. The maximum Gasteiger partial charge on any atom is 0.312 e. The monoisotopic (exact) mass is 505 g/mol. The Morgan fingerprint density at radius 1 is 1.00 bits per heavy atom. The van der Waals surface area contributed by atoms with Gasteiger partial charge in [-0.05, 0) is 83.7 Å². The number of fused-ring (bicyclic) bond motifs is 7. The lowest BCUT2D eigenvalue weighted by molar-refractivity contribution is -0.194. The number of methoxy groups -OCH3 is 1. The molecule has 0 spiro atoms. The molecular formula is C32H43NO4. The third-order valence-corrected chi connectivity index (χ3v) is 12.9. The van der Waals surface area contributed by atoms with Gasteiger partial charge in [0.05, 0.1) is 18.1 Å². The van der Waals surface area contributed by atoms with Crippen LogP contribution >= 0.6 is 0 Å². The highest BCUT2D eigenvalue weighted by atomic mass is 16.5. The van der Waals surface area contributed by atoms with Crippen LogP contribution in [0.5, 0.6) is 0 Å². The third kappa shape index (κ3) is 3.05. The Morgan fingerprint density at radius 3 is 2.27 bits per heavy atom. The zero-order chi connectivity index (χ0) is 27.4. The fraction of sp³-hybridized carbons (Fsp3) is 0.750. The number of hydrogen-bond donors (Lipinski definition) is 0. The van der Waals surface area contributed by atoms with Crippen molar-refractivity contribution in [3.8, 4) is 6.07 Å². The van der Waals surface area contributed by atoms with E-state index in [2.05, 4.69) is 54.5 Å². The number of carbonyl (C=O) groups is 3. The number of carbonyl (C=O) groups excluding carboxylic acids is 3. The third-order valence-electron chi connectivity index (χ3n) is 12.9. The number of nitrogens with zero attached hydrogens (tertiary/aromatic N) is 1. The van der Waals surface area contributed by atoms with E-state index < -0.39 is 10.8 Å². The van der Waals surface area contributed by atoms with Crippen LogP contribution in [0.1, 0.15) is 93.4 Å². The lowest BCUT2D eigenvalue weighted by Crippen LogP contribution is -2.67. The quantitative estimate of drug-likeness (QED) is 0.386. The number of nitriles is 1. The molecule has 2 unspecified atom stereocenters. The van der Waals surface area contributed by atoms with Crippen molar-refractivity contribution in [2.24, 2.45) is 50.2 Å². The molecule has 3 saturated carbocycles. The lowest BCUT2D eigenvalue weighted by atomic mass is 9.32. The molecule has 0 aromatic rings. The molecule has 0 aromatic heterocycles. The van der Waals surface area contributed by atoms with Crippen molar-refractivity contribution in [2.45, 2.75) is 93.4 Å². The minimum atomic E-state index is -0.602. The summed E-state index contributed by atoms with van der Waals surface area (Å²) in [5, 5.41) is 9.78. The van der Waals surface area contributed by atoms with E-state index in [9.17, 15) is 19.6 Å². The molecule has 5 aliphatic carbocycles. The van der Waals surface area contributed by atoms with Crippen LogP contribution in [0, 0.1) is 61.6 Å².